The summed E-state index contributed by atoms with van der Waals surface area (Å²) in [5, 5.41) is 72.0. The number of methoxy groups -OCH3 is 2. The molecule has 6 rings (SSSR count). The molecule has 2 aromatic carbocycles. The number of hydrogen-bond donors (Lipinski definition) is 6. The summed E-state index contributed by atoms with van der Waals surface area (Å²) in [6, 6.07) is 13.7. The zero-order valence-electron chi connectivity index (χ0n) is 50.0. The van der Waals surface area contributed by atoms with E-state index >= 15 is 4.39 Å². The van der Waals surface area contributed by atoms with Crippen molar-refractivity contribution >= 4 is 11.9 Å². The fraction of sp³-hybridized carbons (Fsp3) is 0.733. The number of halogens is 1. The number of alkyl halides is 1. The van der Waals surface area contributed by atoms with Crippen molar-refractivity contribution in [3.8, 4) is 11.1 Å². The second-order valence-corrected chi connectivity index (χ2v) is 24.3. The number of nitrogens with one attached hydrogen (secondary N) is 1. The number of esters is 1. The van der Waals surface area contributed by atoms with E-state index < -0.39 is 127 Å². The Balaban J connectivity index is 1.24. The zero-order chi connectivity index (χ0) is 59.2. The van der Waals surface area contributed by atoms with Gasteiger partial charge in [0.1, 0.15) is 48.8 Å². The van der Waals surface area contributed by atoms with Crippen LogP contribution in [0.3, 0.4) is 0 Å². The molecule has 1 unspecified atom stereocenters. The van der Waals surface area contributed by atoms with E-state index in [0.717, 1.165) is 22.3 Å². The molecule has 3 fully saturated rings. The number of aromatic nitrogens is 3. The summed E-state index contributed by atoms with van der Waals surface area (Å²) in [6.07, 6.45) is -6.41. The lowest BCUT2D eigenvalue weighted by atomic mass is 9.68. The first-order valence-corrected chi connectivity index (χ1v) is 28.7. The zero-order valence-corrected chi connectivity index (χ0v) is 50.0. The van der Waals surface area contributed by atoms with Gasteiger partial charge in [-0.05, 0) is 115 Å². The molecule has 0 bridgehead atoms. The number of cyclic esters (lactones) is 1. The molecule has 1 aromatic heterocycles. The number of aliphatic hydroxyl groups excluding tert-OH is 3. The molecule has 3 saturated heterocycles. The van der Waals surface area contributed by atoms with Crippen molar-refractivity contribution in [3.05, 3.63) is 71.5 Å². The number of amides is 1. The quantitative estimate of drug-likeness (QED) is 0.0905. The third kappa shape index (κ3) is 15.0. The number of rotatable bonds is 17. The first-order chi connectivity index (χ1) is 37.6. The molecule has 0 radical (unpaired) electrons. The summed E-state index contributed by atoms with van der Waals surface area (Å²) in [5.74, 6) is -3.40. The average Bonchev–Trinajstić information content (AvgIpc) is 3.89. The summed E-state index contributed by atoms with van der Waals surface area (Å²) in [4.78, 5) is 30.1. The number of benzene rings is 2. The Morgan fingerprint density at radius 1 is 0.975 bits per heavy atom. The first-order valence-electron chi connectivity index (χ1n) is 28.7. The van der Waals surface area contributed by atoms with Gasteiger partial charge < -0.3 is 69.1 Å². The highest BCUT2D eigenvalue weighted by atomic mass is 19.1. The van der Waals surface area contributed by atoms with Crippen molar-refractivity contribution in [1.82, 2.24) is 30.1 Å². The van der Waals surface area contributed by atoms with Gasteiger partial charge in [-0.25, -0.2) is 9.07 Å². The first kappa shape index (κ1) is 65.1. The largest absolute Gasteiger partial charge is 0.459 e. The summed E-state index contributed by atoms with van der Waals surface area (Å²) in [7, 11) is 6.79. The molecule has 3 aromatic rings. The molecule has 6 N–H and O–H groups in total. The molecule has 0 spiro atoms. The van der Waals surface area contributed by atoms with Crippen LogP contribution < -0.4 is 5.32 Å². The van der Waals surface area contributed by atoms with E-state index in [0.29, 0.717) is 38.2 Å². The van der Waals surface area contributed by atoms with Crippen molar-refractivity contribution in [3.63, 3.8) is 0 Å². The minimum Gasteiger partial charge on any atom is -0.459 e. The summed E-state index contributed by atoms with van der Waals surface area (Å²) >= 11 is 0. The number of hydrogen-bond acceptors (Lipinski definition) is 17. The molecule has 3 aliphatic rings. The fourth-order valence-electron chi connectivity index (χ4n) is 13.0. The van der Waals surface area contributed by atoms with Gasteiger partial charge in [-0.3, -0.25) is 9.59 Å². The summed E-state index contributed by atoms with van der Waals surface area (Å²) < 4.78 is 54.8. The Kier molecular flexibility index (Phi) is 22.4. The molecule has 0 saturated carbocycles. The normalized spacial score (nSPS) is 37.1. The number of nitrogens with zero attached hydrogens (tertiary/aromatic N) is 5. The van der Waals surface area contributed by atoms with Gasteiger partial charge in [0.05, 0.1) is 47.2 Å². The van der Waals surface area contributed by atoms with Crippen LogP contribution in [-0.4, -0.2) is 194 Å². The molecule has 20 heteroatoms. The van der Waals surface area contributed by atoms with Gasteiger partial charge in [0, 0.05) is 77.8 Å². The van der Waals surface area contributed by atoms with Crippen molar-refractivity contribution in [2.24, 2.45) is 23.7 Å². The van der Waals surface area contributed by atoms with Gasteiger partial charge in [-0.1, -0.05) is 75.4 Å². The van der Waals surface area contributed by atoms with Gasteiger partial charge in [0.25, 0.3) is 0 Å². The SMILES string of the molecule is CC[C@H]1OC(=O)[C@H](C)[C@@H](C2C[C@@](C)(OC)[C@@H](O)[C@H](C)O2)[C@H](C)[C@@H](O[C@@H]2O[C@H](C)C[C@H](N(C)CCc3cn([C@H](CF)[C@H](OC)c4ccc(-c5cccc(CNC(C)=O)c5)cc4)nn3)[C@H]2O)[C@](C)(O)C[C@@H](C)CN(C)[C@H](C)[C@@H](O)[C@]1(C)O. The maximum absolute atomic E-state index is 15.1. The van der Waals surface area contributed by atoms with Crippen LogP contribution in [-0.2, 0) is 51.0 Å². The Morgan fingerprint density at radius 2 is 1.66 bits per heavy atom. The number of aliphatic hydroxyl groups is 5. The standard InChI is InChI=1S/C60H95FN6O13/c1-16-49-60(11,74)53(70)38(6)66(13)32-34(2)28-58(9,73)55(36(4)50(37(5)56(72)79-49)48-29-59(10,76-15)54(71)39(7)78-48)80-57-51(69)46(26-35(3)77-57)65(12)25-24-45-33-67(64-63-45)47(30-61)52(75-14)43-22-20-42(21-23-43)44-19-17-18-41(27-44)31-62-40(8)68/h17-23,27,33-39,46-55,57,69-71,73-74H,16,24-26,28-32H2,1-15H3,(H,62,68)/t34-,35-,36+,37-,38-,39+,46+,47-,48?,49-,50+,51-,52-,53-,54+,55-,57+,58-,59-,60-/m1/s1. The fourth-order valence-corrected chi connectivity index (χ4v) is 13.0. The van der Waals surface area contributed by atoms with Crippen LogP contribution in [0.2, 0.25) is 0 Å². The molecule has 19 nitrogen and oxygen atoms in total. The van der Waals surface area contributed by atoms with Gasteiger partial charge in [0.2, 0.25) is 5.91 Å². The predicted octanol–water partition coefficient (Wildman–Crippen LogP) is 5.58. The van der Waals surface area contributed by atoms with E-state index in [1.807, 2.05) is 93.2 Å². The van der Waals surface area contributed by atoms with Crippen molar-refractivity contribution < 1.29 is 67.9 Å². The Bertz CT molecular complexity index is 2450. The van der Waals surface area contributed by atoms with Crippen molar-refractivity contribution in [2.45, 2.75) is 211 Å². The Labute approximate surface area is 473 Å². The second-order valence-electron chi connectivity index (χ2n) is 24.3. The smallest absolute Gasteiger partial charge is 0.309 e. The van der Waals surface area contributed by atoms with Gasteiger partial charge >= 0.3 is 5.97 Å². The minimum atomic E-state index is -1.84. The molecule has 80 heavy (non-hydrogen) atoms. The lowest BCUT2D eigenvalue weighted by Crippen LogP contribution is -2.62. The van der Waals surface area contributed by atoms with Crippen LogP contribution in [0.4, 0.5) is 4.39 Å². The van der Waals surface area contributed by atoms with Crippen LogP contribution in [0.15, 0.2) is 54.7 Å². The van der Waals surface area contributed by atoms with Crippen LogP contribution in [0.5, 0.6) is 0 Å². The van der Waals surface area contributed by atoms with Crippen molar-refractivity contribution in [2.75, 3.05) is 48.1 Å². The second kappa shape index (κ2) is 27.6. The lowest BCUT2D eigenvalue weighted by molar-refractivity contribution is -0.302. The Morgan fingerprint density at radius 3 is 2.29 bits per heavy atom. The number of ether oxygens (including phenoxy) is 6. The van der Waals surface area contributed by atoms with E-state index in [1.54, 1.807) is 47.7 Å². The summed E-state index contributed by atoms with van der Waals surface area (Å²) in [6.45, 7) is 19.8. The topological polar surface area (TPSA) is 240 Å². The Hall–Kier alpha value is -4.03. The van der Waals surface area contributed by atoms with Gasteiger partial charge in [0.15, 0.2) is 6.29 Å². The maximum Gasteiger partial charge on any atom is 0.309 e. The van der Waals surface area contributed by atoms with Crippen LogP contribution in [0, 0.1) is 23.7 Å². The van der Waals surface area contributed by atoms with Gasteiger partial charge in [-0.15, -0.1) is 5.10 Å². The summed E-state index contributed by atoms with van der Waals surface area (Å²) in [5.41, 5.74) is -0.291. The lowest BCUT2D eigenvalue weighted by Gasteiger charge is -2.51. The van der Waals surface area contributed by atoms with E-state index in [2.05, 4.69) is 15.6 Å². The molecule has 450 valence electrons. The number of likely N-dealkylation sites (N-methyl/N-ethyl adjacent to an activating group) is 2. The van der Waals surface area contributed by atoms with E-state index in [-0.39, 0.29) is 31.1 Å². The highest BCUT2D eigenvalue weighted by molar-refractivity contribution is 5.73. The monoisotopic (exact) mass is 1130 g/mol. The van der Waals surface area contributed by atoms with E-state index in [1.165, 1.54) is 32.7 Å². The van der Waals surface area contributed by atoms with E-state index in [9.17, 15) is 35.1 Å². The van der Waals surface area contributed by atoms with Crippen LogP contribution >= 0.6 is 0 Å². The van der Waals surface area contributed by atoms with Crippen molar-refractivity contribution in [1.29, 1.82) is 0 Å². The molecule has 4 heterocycles. The van der Waals surface area contributed by atoms with Gasteiger partial charge in [-0.2, -0.15) is 0 Å². The highest BCUT2D eigenvalue weighted by Crippen LogP contribution is 2.45. The molecular formula is C60H95FN6O13. The third-order valence-electron chi connectivity index (χ3n) is 17.9. The number of carbonyl (C=O) groups excluding carboxylic acids is 2. The molecular weight excluding hydrogens is 1030 g/mol. The average molecular weight is 1130 g/mol. The highest BCUT2D eigenvalue weighted by Gasteiger charge is 2.55. The minimum absolute atomic E-state index is 0.105. The molecule has 20 atom stereocenters. The maximum atomic E-state index is 15.1. The van der Waals surface area contributed by atoms with E-state index in [4.69, 9.17) is 28.4 Å². The van der Waals surface area contributed by atoms with Crippen LogP contribution in [0.1, 0.15) is 131 Å². The molecule has 1 amide bonds. The predicted molar refractivity (Wildman–Crippen MR) is 300 cm³/mol. The molecule has 0 aliphatic carbocycles. The van der Waals surface area contributed by atoms with Crippen LogP contribution in [0.25, 0.3) is 11.1 Å². The third-order valence-corrected chi connectivity index (χ3v) is 17.9. The number of carbonyl (C=O) groups is 2. The molecule has 3 aliphatic heterocycles.